The zero-order chi connectivity index (χ0) is 14.6. The fourth-order valence-corrected chi connectivity index (χ4v) is 1.54. The van der Waals surface area contributed by atoms with Crippen LogP contribution in [-0.2, 0) is 4.74 Å². The smallest absolute Gasteiger partial charge is 0.322 e. The number of halogens is 1. The summed E-state index contributed by atoms with van der Waals surface area (Å²) in [6.45, 7) is 6.99. The summed E-state index contributed by atoms with van der Waals surface area (Å²) in [6.07, 6.45) is 4.04. The van der Waals surface area contributed by atoms with E-state index in [1.54, 1.807) is 0 Å². The van der Waals surface area contributed by atoms with Crippen LogP contribution in [-0.4, -0.2) is 41.3 Å². The van der Waals surface area contributed by atoms with E-state index in [1.807, 2.05) is 6.92 Å². The van der Waals surface area contributed by atoms with E-state index >= 15 is 0 Å². The SMILES string of the molecule is CCCCOCCCNc1nc(Cl)nc(OCCC)n1. The van der Waals surface area contributed by atoms with Crippen molar-refractivity contribution in [3.05, 3.63) is 5.28 Å². The van der Waals surface area contributed by atoms with E-state index in [4.69, 9.17) is 21.1 Å². The molecule has 7 heteroatoms. The molecule has 0 atom stereocenters. The topological polar surface area (TPSA) is 69.2 Å². The summed E-state index contributed by atoms with van der Waals surface area (Å²) < 4.78 is 10.8. The van der Waals surface area contributed by atoms with E-state index in [-0.39, 0.29) is 11.3 Å². The van der Waals surface area contributed by atoms with Crippen molar-refractivity contribution in [1.29, 1.82) is 0 Å². The summed E-state index contributed by atoms with van der Waals surface area (Å²) >= 11 is 5.82. The number of hydrogen-bond donors (Lipinski definition) is 1. The van der Waals surface area contributed by atoms with Gasteiger partial charge in [0.1, 0.15) is 0 Å². The number of unbranched alkanes of at least 4 members (excludes halogenated alkanes) is 1. The third-order valence-electron chi connectivity index (χ3n) is 2.41. The number of aromatic nitrogens is 3. The van der Waals surface area contributed by atoms with Crippen LogP contribution in [0.5, 0.6) is 6.01 Å². The summed E-state index contributed by atoms with van der Waals surface area (Å²) in [6, 6.07) is 0.258. The molecule has 0 bridgehead atoms. The van der Waals surface area contributed by atoms with Crippen molar-refractivity contribution in [2.45, 2.75) is 39.5 Å². The zero-order valence-corrected chi connectivity index (χ0v) is 12.9. The fraction of sp³-hybridized carbons (Fsp3) is 0.769. The lowest BCUT2D eigenvalue weighted by molar-refractivity contribution is 0.131. The molecule has 0 spiro atoms. The van der Waals surface area contributed by atoms with Gasteiger partial charge in [-0.15, -0.1) is 0 Å². The molecule has 1 aromatic rings. The van der Waals surface area contributed by atoms with Crippen LogP contribution in [0.4, 0.5) is 5.95 Å². The molecule has 6 nitrogen and oxygen atoms in total. The van der Waals surface area contributed by atoms with Crippen LogP contribution in [0.25, 0.3) is 0 Å². The van der Waals surface area contributed by atoms with Gasteiger partial charge in [0.2, 0.25) is 11.2 Å². The van der Waals surface area contributed by atoms with Crippen molar-refractivity contribution in [1.82, 2.24) is 15.0 Å². The van der Waals surface area contributed by atoms with Crippen LogP contribution in [0.2, 0.25) is 5.28 Å². The van der Waals surface area contributed by atoms with E-state index in [1.165, 1.54) is 0 Å². The first-order valence-corrected chi connectivity index (χ1v) is 7.50. The molecule has 20 heavy (non-hydrogen) atoms. The normalized spacial score (nSPS) is 10.6. The predicted molar refractivity (Wildman–Crippen MR) is 79.5 cm³/mol. The summed E-state index contributed by atoms with van der Waals surface area (Å²) in [4.78, 5) is 12.0. The highest BCUT2D eigenvalue weighted by atomic mass is 35.5. The van der Waals surface area contributed by atoms with Crippen molar-refractivity contribution in [3.63, 3.8) is 0 Å². The van der Waals surface area contributed by atoms with Gasteiger partial charge in [0, 0.05) is 19.8 Å². The van der Waals surface area contributed by atoms with Crippen molar-refractivity contribution >= 4 is 17.5 Å². The van der Waals surface area contributed by atoms with Gasteiger partial charge in [-0.05, 0) is 30.9 Å². The van der Waals surface area contributed by atoms with Crippen LogP contribution in [0, 0.1) is 0 Å². The third kappa shape index (κ3) is 7.45. The maximum absolute atomic E-state index is 5.82. The van der Waals surface area contributed by atoms with E-state index in [0.717, 1.165) is 45.4 Å². The zero-order valence-electron chi connectivity index (χ0n) is 12.2. The minimum Gasteiger partial charge on any atom is -0.463 e. The standard InChI is InChI=1S/C13H23ClN4O2/c1-3-5-9-19-10-6-7-15-12-16-11(14)17-13(18-12)20-8-4-2/h3-10H2,1-2H3,(H,15,16,17,18). The van der Waals surface area contributed by atoms with Gasteiger partial charge in [0.05, 0.1) is 6.61 Å². The van der Waals surface area contributed by atoms with Gasteiger partial charge in [0.15, 0.2) is 0 Å². The Hall–Kier alpha value is -1.14. The van der Waals surface area contributed by atoms with E-state index in [9.17, 15) is 0 Å². The Labute approximate surface area is 125 Å². The second kappa shape index (κ2) is 10.6. The van der Waals surface area contributed by atoms with E-state index in [0.29, 0.717) is 12.6 Å². The number of rotatable bonds is 11. The van der Waals surface area contributed by atoms with Gasteiger partial charge in [-0.25, -0.2) is 0 Å². The molecule has 0 aromatic carbocycles. The van der Waals surface area contributed by atoms with Crippen molar-refractivity contribution < 1.29 is 9.47 Å². The molecule has 114 valence electrons. The Morgan fingerprint density at radius 2 is 1.80 bits per heavy atom. The fourth-order valence-electron chi connectivity index (χ4n) is 1.39. The van der Waals surface area contributed by atoms with Gasteiger partial charge < -0.3 is 14.8 Å². The molecule has 0 aliphatic rings. The Morgan fingerprint density at radius 1 is 1.00 bits per heavy atom. The maximum atomic E-state index is 5.82. The van der Waals surface area contributed by atoms with E-state index in [2.05, 4.69) is 27.2 Å². The highest BCUT2D eigenvalue weighted by molar-refractivity contribution is 6.28. The molecule has 0 saturated carbocycles. The van der Waals surface area contributed by atoms with Gasteiger partial charge in [0.25, 0.3) is 0 Å². The first-order valence-electron chi connectivity index (χ1n) is 7.12. The molecule has 0 unspecified atom stereocenters. The minimum atomic E-state index is 0.132. The van der Waals surface area contributed by atoms with Crippen LogP contribution in [0.15, 0.2) is 0 Å². The lowest BCUT2D eigenvalue weighted by Gasteiger charge is -2.07. The molecule has 0 fully saturated rings. The highest BCUT2D eigenvalue weighted by Gasteiger charge is 2.05. The summed E-state index contributed by atoms with van der Waals surface area (Å²) in [5.41, 5.74) is 0. The number of hydrogen-bond acceptors (Lipinski definition) is 6. The lowest BCUT2D eigenvalue weighted by Crippen LogP contribution is -2.10. The number of ether oxygens (including phenoxy) is 2. The second-order valence-electron chi connectivity index (χ2n) is 4.31. The number of anilines is 1. The largest absolute Gasteiger partial charge is 0.463 e. The molecule has 0 aliphatic heterocycles. The molecule has 0 saturated heterocycles. The molecular weight excluding hydrogens is 280 g/mol. The minimum absolute atomic E-state index is 0.132. The maximum Gasteiger partial charge on any atom is 0.322 e. The molecule has 1 N–H and O–H groups in total. The Kier molecular flexibility index (Phi) is 8.98. The average Bonchev–Trinajstić information content (AvgIpc) is 2.43. The van der Waals surface area contributed by atoms with Crippen LogP contribution < -0.4 is 10.1 Å². The van der Waals surface area contributed by atoms with Gasteiger partial charge >= 0.3 is 6.01 Å². The molecule has 0 aliphatic carbocycles. The predicted octanol–water partition coefficient (Wildman–Crippen LogP) is 2.93. The number of nitrogens with one attached hydrogen (secondary N) is 1. The molecule has 1 rings (SSSR count). The Morgan fingerprint density at radius 3 is 2.55 bits per heavy atom. The second-order valence-corrected chi connectivity index (χ2v) is 4.64. The van der Waals surface area contributed by atoms with Gasteiger partial charge in [-0.2, -0.15) is 15.0 Å². The van der Waals surface area contributed by atoms with Crippen LogP contribution in [0.1, 0.15) is 39.5 Å². The monoisotopic (exact) mass is 302 g/mol. The van der Waals surface area contributed by atoms with Crippen molar-refractivity contribution in [3.8, 4) is 6.01 Å². The molecule has 1 aromatic heterocycles. The Balaban J connectivity index is 2.26. The van der Waals surface area contributed by atoms with E-state index < -0.39 is 0 Å². The van der Waals surface area contributed by atoms with Crippen LogP contribution >= 0.6 is 11.6 Å². The Bertz CT molecular complexity index is 379. The van der Waals surface area contributed by atoms with Gasteiger partial charge in [-0.3, -0.25) is 0 Å². The quantitative estimate of drug-likeness (QED) is 0.634. The molecule has 0 radical (unpaired) electrons. The lowest BCUT2D eigenvalue weighted by atomic mass is 10.4. The highest BCUT2D eigenvalue weighted by Crippen LogP contribution is 2.11. The third-order valence-corrected chi connectivity index (χ3v) is 2.58. The summed E-state index contributed by atoms with van der Waals surface area (Å²) in [5, 5.41) is 3.22. The summed E-state index contributed by atoms with van der Waals surface area (Å²) in [5.74, 6) is 0.435. The van der Waals surface area contributed by atoms with Gasteiger partial charge in [-0.1, -0.05) is 20.3 Å². The van der Waals surface area contributed by atoms with Crippen molar-refractivity contribution in [2.24, 2.45) is 0 Å². The molecular formula is C13H23ClN4O2. The van der Waals surface area contributed by atoms with Crippen LogP contribution in [0.3, 0.4) is 0 Å². The molecule has 0 amide bonds. The average molecular weight is 303 g/mol. The number of nitrogens with zero attached hydrogens (tertiary/aromatic N) is 3. The summed E-state index contributed by atoms with van der Waals surface area (Å²) in [7, 11) is 0. The first-order chi connectivity index (χ1) is 9.76. The molecule has 1 heterocycles. The van der Waals surface area contributed by atoms with Crippen molar-refractivity contribution in [2.75, 3.05) is 31.7 Å². The first kappa shape index (κ1) is 16.9.